The Balaban J connectivity index is 1.29. The number of benzene rings is 10. The van der Waals surface area contributed by atoms with Crippen molar-refractivity contribution in [2.45, 2.75) is 0 Å². The zero-order valence-electron chi connectivity index (χ0n) is 36.2. The van der Waals surface area contributed by atoms with Crippen molar-refractivity contribution in [1.29, 1.82) is 10.5 Å². The fourth-order valence-corrected chi connectivity index (χ4v) is 13.6. The van der Waals surface area contributed by atoms with E-state index in [9.17, 15) is 10.5 Å². The standard InChI is InChI=1S/C62H34N4S2/c63-35-48-54(38-19-6-2-7-20-38)49(36-64)58(55(39-21-8-3-9-22-39)57(48)65-50-27-13-10-23-41(50)42-24-11-14-28-51(42)65)66-59-44(31-33-46-43-25-12-15-29-52(43)67-61(46)59)45-32-34-47-56-40(37-17-4-1-5-18-37)26-16-30-53(56)68-62(47)60(45)66/h1-34H. The third kappa shape index (κ3) is 5.33. The average molecular weight is 899 g/mol. The van der Waals surface area contributed by atoms with Gasteiger partial charge in [-0.3, -0.25) is 0 Å². The Morgan fingerprint density at radius 3 is 1.41 bits per heavy atom. The third-order valence-corrected chi connectivity index (χ3v) is 16.2. The molecule has 0 amide bonds. The number of fused-ring (bicyclic) bond motifs is 14. The maximum Gasteiger partial charge on any atom is 0.102 e. The van der Waals surface area contributed by atoms with Crippen LogP contribution in [-0.4, -0.2) is 9.13 Å². The van der Waals surface area contributed by atoms with Gasteiger partial charge in [0.2, 0.25) is 0 Å². The molecule has 0 saturated carbocycles. The lowest BCUT2D eigenvalue weighted by atomic mass is 9.86. The topological polar surface area (TPSA) is 57.4 Å². The van der Waals surface area contributed by atoms with Crippen LogP contribution in [0.3, 0.4) is 0 Å². The molecule has 0 bridgehead atoms. The molecule has 4 heterocycles. The van der Waals surface area contributed by atoms with Crippen LogP contribution in [0.4, 0.5) is 0 Å². The second kappa shape index (κ2) is 14.9. The third-order valence-electron chi connectivity index (χ3n) is 13.8. The van der Waals surface area contributed by atoms with E-state index in [1.165, 1.54) is 36.7 Å². The molecule has 0 unspecified atom stereocenters. The molecule has 0 saturated heterocycles. The van der Waals surface area contributed by atoms with Gasteiger partial charge in [-0.25, -0.2) is 0 Å². The summed E-state index contributed by atoms with van der Waals surface area (Å²) in [6.45, 7) is 0. The highest BCUT2D eigenvalue weighted by Crippen LogP contribution is 2.53. The van der Waals surface area contributed by atoms with Crippen molar-refractivity contribution in [3.05, 3.63) is 217 Å². The molecule has 0 aliphatic heterocycles. The molecule has 0 radical (unpaired) electrons. The van der Waals surface area contributed by atoms with Crippen molar-refractivity contribution >= 4 is 107 Å². The van der Waals surface area contributed by atoms with Crippen molar-refractivity contribution < 1.29 is 0 Å². The Bertz CT molecular complexity index is 4450. The van der Waals surface area contributed by atoms with Crippen LogP contribution in [0.15, 0.2) is 206 Å². The maximum absolute atomic E-state index is 12.1. The van der Waals surface area contributed by atoms with Crippen LogP contribution in [0.5, 0.6) is 0 Å². The molecular weight excluding hydrogens is 865 g/mol. The lowest BCUT2D eigenvalue weighted by molar-refractivity contribution is 1.13. The van der Waals surface area contributed by atoms with Gasteiger partial charge in [0.15, 0.2) is 0 Å². The summed E-state index contributed by atoms with van der Waals surface area (Å²) in [6.07, 6.45) is 0. The summed E-state index contributed by atoms with van der Waals surface area (Å²) in [6, 6.07) is 78.1. The minimum absolute atomic E-state index is 0.439. The predicted molar refractivity (Wildman–Crippen MR) is 287 cm³/mol. The molecule has 4 aromatic heterocycles. The minimum atomic E-state index is 0.439. The molecule has 0 atom stereocenters. The number of para-hydroxylation sites is 2. The Kier molecular flexibility index (Phi) is 8.42. The number of thiophene rings is 2. The molecule has 0 fully saturated rings. The van der Waals surface area contributed by atoms with Gasteiger partial charge in [0, 0.05) is 63.6 Å². The molecule has 0 spiro atoms. The number of hydrogen-bond donors (Lipinski definition) is 0. The monoisotopic (exact) mass is 898 g/mol. The van der Waals surface area contributed by atoms with E-state index in [1.54, 1.807) is 22.7 Å². The lowest BCUT2D eigenvalue weighted by Gasteiger charge is -2.25. The molecule has 14 rings (SSSR count). The highest BCUT2D eigenvalue weighted by atomic mass is 32.1. The van der Waals surface area contributed by atoms with Crippen LogP contribution >= 0.6 is 22.7 Å². The van der Waals surface area contributed by atoms with Gasteiger partial charge in [-0.15, -0.1) is 22.7 Å². The summed E-state index contributed by atoms with van der Waals surface area (Å²) in [5.41, 5.74) is 11.9. The van der Waals surface area contributed by atoms with Gasteiger partial charge in [-0.05, 0) is 46.5 Å². The first-order valence-corrected chi connectivity index (χ1v) is 24.3. The van der Waals surface area contributed by atoms with E-state index < -0.39 is 0 Å². The van der Waals surface area contributed by atoms with Crippen molar-refractivity contribution in [3.63, 3.8) is 0 Å². The normalized spacial score (nSPS) is 11.8. The fourth-order valence-electron chi connectivity index (χ4n) is 11.0. The van der Waals surface area contributed by atoms with Crippen LogP contribution < -0.4 is 0 Å². The van der Waals surface area contributed by atoms with Crippen LogP contribution in [0.2, 0.25) is 0 Å². The summed E-state index contributed by atoms with van der Waals surface area (Å²) in [4.78, 5) is 0. The van der Waals surface area contributed by atoms with Crippen molar-refractivity contribution in [3.8, 4) is 56.9 Å². The van der Waals surface area contributed by atoms with Gasteiger partial charge < -0.3 is 9.13 Å². The number of hydrogen-bond acceptors (Lipinski definition) is 4. The Morgan fingerprint density at radius 2 is 0.794 bits per heavy atom. The number of aromatic nitrogens is 2. The van der Waals surface area contributed by atoms with E-state index in [-0.39, 0.29) is 0 Å². The SMILES string of the molecule is N#Cc1c(-c2ccccc2)c(C#N)c(-n2c3c(ccc4c5ccccc5sc43)c3ccc4c(sc5cccc(-c6ccccc6)c54)c32)c(-c2ccccc2)c1-n1c2ccccc2c2ccccc21. The molecule has 0 aliphatic carbocycles. The molecule has 6 heteroatoms. The Labute approximate surface area is 398 Å². The summed E-state index contributed by atoms with van der Waals surface area (Å²) in [5.74, 6) is 0. The highest BCUT2D eigenvalue weighted by molar-refractivity contribution is 7.27. The van der Waals surface area contributed by atoms with Crippen LogP contribution in [0.1, 0.15) is 11.1 Å². The smallest absolute Gasteiger partial charge is 0.102 e. The second-order valence-corrected chi connectivity index (χ2v) is 19.4. The van der Waals surface area contributed by atoms with Crippen molar-refractivity contribution in [1.82, 2.24) is 9.13 Å². The first-order chi connectivity index (χ1) is 33.7. The summed E-state index contributed by atoms with van der Waals surface area (Å²) >= 11 is 3.60. The van der Waals surface area contributed by atoms with Crippen molar-refractivity contribution in [2.24, 2.45) is 0 Å². The summed E-state index contributed by atoms with van der Waals surface area (Å²) < 4.78 is 9.40. The summed E-state index contributed by atoms with van der Waals surface area (Å²) in [7, 11) is 0. The zero-order chi connectivity index (χ0) is 45.0. The number of nitrogens with zero attached hydrogens (tertiary/aromatic N) is 4. The van der Waals surface area contributed by atoms with Crippen molar-refractivity contribution in [2.75, 3.05) is 0 Å². The van der Waals surface area contributed by atoms with E-state index >= 15 is 0 Å². The quantitative estimate of drug-likeness (QED) is 0.173. The molecule has 0 aliphatic rings. The first-order valence-electron chi connectivity index (χ1n) is 22.6. The van der Waals surface area contributed by atoms with Crippen LogP contribution in [0.25, 0.3) is 129 Å². The Hall–Kier alpha value is -8.78. The van der Waals surface area contributed by atoms with Gasteiger partial charge in [0.1, 0.15) is 12.1 Å². The molecule has 10 aromatic carbocycles. The molecule has 0 N–H and O–H groups in total. The average Bonchev–Trinajstić information content (AvgIpc) is 4.16. The van der Waals surface area contributed by atoms with E-state index in [2.05, 4.69) is 191 Å². The zero-order valence-corrected chi connectivity index (χ0v) is 37.9. The van der Waals surface area contributed by atoms with E-state index in [4.69, 9.17) is 0 Å². The highest BCUT2D eigenvalue weighted by Gasteiger charge is 2.33. The number of rotatable bonds is 5. The first kappa shape index (κ1) is 38.5. The van der Waals surface area contributed by atoms with Crippen LogP contribution in [0, 0.1) is 22.7 Å². The molecular formula is C62H34N4S2. The lowest BCUT2D eigenvalue weighted by Crippen LogP contribution is -2.11. The molecule has 314 valence electrons. The summed E-state index contributed by atoms with van der Waals surface area (Å²) in [5, 5.41) is 33.1. The van der Waals surface area contributed by atoms with E-state index in [1.807, 2.05) is 36.4 Å². The minimum Gasteiger partial charge on any atom is -0.307 e. The van der Waals surface area contributed by atoms with Gasteiger partial charge in [0.05, 0.1) is 54.0 Å². The second-order valence-electron chi connectivity index (χ2n) is 17.3. The van der Waals surface area contributed by atoms with Gasteiger partial charge >= 0.3 is 0 Å². The molecule has 68 heavy (non-hydrogen) atoms. The molecule has 14 aromatic rings. The fraction of sp³-hybridized carbons (Fsp3) is 0. The van der Waals surface area contributed by atoms with Gasteiger partial charge in [-0.1, -0.05) is 182 Å². The van der Waals surface area contributed by atoms with Gasteiger partial charge in [0.25, 0.3) is 0 Å². The maximum atomic E-state index is 12.1. The predicted octanol–water partition coefficient (Wildman–Crippen LogP) is 17.4. The van der Waals surface area contributed by atoms with Crippen LogP contribution in [-0.2, 0) is 0 Å². The number of nitriles is 2. The Morgan fingerprint density at radius 1 is 0.338 bits per heavy atom. The van der Waals surface area contributed by atoms with E-state index in [0.717, 1.165) is 86.5 Å². The van der Waals surface area contributed by atoms with Gasteiger partial charge in [-0.2, -0.15) is 10.5 Å². The largest absolute Gasteiger partial charge is 0.307 e. The van der Waals surface area contributed by atoms with E-state index in [0.29, 0.717) is 16.7 Å². The molecule has 4 nitrogen and oxygen atoms in total.